The van der Waals surface area contributed by atoms with Crippen molar-refractivity contribution >= 4 is 23.2 Å². The molecule has 19 heavy (non-hydrogen) atoms. The number of benzene rings is 1. The Kier molecular flexibility index (Phi) is 5.69. The second kappa shape index (κ2) is 6.82. The number of hydrogen-bond acceptors (Lipinski definition) is 2. The summed E-state index contributed by atoms with van der Waals surface area (Å²) < 4.78 is 26.4. The van der Waals surface area contributed by atoms with Crippen LogP contribution in [0.25, 0.3) is 0 Å². The van der Waals surface area contributed by atoms with E-state index in [-0.39, 0.29) is 23.2 Å². The van der Waals surface area contributed by atoms with Gasteiger partial charge in [-0.25, -0.2) is 8.78 Å². The smallest absolute Gasteiger partial charge is 0.228 e. The first kappa shape index (κ1) is 15.9. The van der Waals surface area contributed by atoms with Crippen LogP contribution in [0.4, 0.5) is 14.5 Å². The van der Waals surface area contributed by atoms with E-state index in [1.807, 2.05) is 13.8 Å². The Balaban J connectivity index is 2.87. The van der Waals surface area contributed by atoms with Gasteiger partial charge in [-0.2, -0.15) is 0 Å². The number of carbonyl (C=O) groups is 1. The summed E-state index contributed by atoms with van der Waals surface area (Å²) in [5, 5.41) is 2.19. The van der Waals surface area contributed by atoms with E-state index in [1.165, 1.54) is 0 Å². The van der Waals surface area contributed by atoms with Gasteiger partial charge in [0, 0.05) is 12.6 Å². The Bertz CT molecular complexity index is 443. The summed E-state index contributed by atoms with van der Waals surface area (Å²) in [4.78, 5) is 12.0. The largest absolute Gasteiger partial charge is 0.330 e. The van der Waals surface area contributed by atoms with Crippen molar-refractivity contribution in [2.45, 2.75) is 20.3 Å². The molecule has 0 heterocycles. The minimum atomic E-state index is -0.904. The van der Waals surface area contributed by atoms with Gasteiger partial charge in [0.05, 0.1) is 16.6 Å². The predicted molar refractivity (Wildman–Crippen MR) is 72.0 cm³/mol. The third-order valence-corrected chi connectivity index (χ3v) is 2.96. The van der Waals surface area contributed by atoms with Gasteiger partial charge < -0.3 is 11.1 Å². The van der Waals surface area contributed by atoms with Crippen molar-refractivity contribution in [3.8, 4) is 0 Å². The zero-order valence-corrected chi connectivity index (χ0v) is 11.6. The van der Waals surface area contributed by atoms with Crippen molar-refractivity contribution in [1.29, 1.82) is 0 Å². The summed E-state index contributed by atoms with van der Waals surface area (Å²) in [5.41, 5.74) is 5.32. The van der Waals surface area contributed by atoms with Gasteiger partial charge in [0.15, 0.2) is 5.82 Å². The molecule has 0 radical (unpaired) electrons. The first-order valence-electron chi connectivity index (χ1n) is 6.00. The van der Waals surface area contributed by atoms with E-state index in [2.05, 4.69) is 5.32 Å². The van der Waals surface area contributed by atoms with E-state index in [9.17, 15) is 13.6 Å². The van der Waals surface area contributed by atoms with E-state index in [4.69, 9.17) is 17.3 Å². The normalized spacial score (nSPS) is 12.6. The number of nitrogens with one attached hydrogen (secondary N) is 1. The summed E-state index contributed by atoms with van der Waals surface area (Å²) in [7, 11) is 0. The lowest BCUT2D eigenvalue weighted by Gasteiger charge is -2.17. The Morgan fingerprint density at radius 3 is 2.53 bits per heavy atom. The molecule has 0 bridgehead atoms. The van der Waals surface area contributed by atoms with E-state index in [0.29, 0.717) is 12.5 Å². The fourth-order valence-electron chi connectivity index (χ4n) is 1.77. The summed E-state index contributed by atoms with van der Waals surface area (Å²) >= 11 is 5.71. The van der Waals surface area contributed by atoms with Crippen LogP contribution in [0, 0.1) is 23.5 Å². The lowest BCUT2D eigenvalue weighted by molar-refractivity contribution is -0.120. The number of halogens is 3. The van der Waals surface area contributed by atoms with Crippen LogP contribution in [0.5, 0.6) is 0 Å². The highest BCUT2D eigenvalue weighted by atomic mass is 35.5. The lowest BCUT2D eigenvalue weighted by Crippen LogP contribution is -2.30. The first-order valence-corrected chi connectivity index (χ1v) is 6.38. The SMILES string of the molecule is CC(C)CC(CN)C(=O)Nc1c(F)cc(F)cc1Cl. The molecule has 1 unspecified atom stereocenters. The Labute approximate surface area is 116 Å². The Morgan fingerprint density at radius 2 is 2.05 bits per heavy atom. The molecule has 1 amide bonds. The maximum Gasteiger partial charge on any atom is 0.228 e. The minimum Gasteiger partial charge on any atom is -0.330 e. The quantitative estimate of drug-likeness (QED) is 0.875. The highest BCUT2D eigenvalue weighted by molar-refractivity contribution is 6.33. The molecule has 1 rings (SSSR count). The maximum atomic E-state index is 13.5. The number of nitrogens with two attached hydrogens (primary N) is 1. The molecule has 0 aromatic heterocycles. The van der Waals surface area contributed by atoms with Crippen molar-refractivity contribution in [3.63, 3.8) is 0 Å². The van der Waals surface area contributed by atoms with Crippen LogP contribution in [-0.2, 0) is 4.79 Å². The van der Waals surface area contributed by atoms with Gasteiger partial charge in [-0.05, 0) is 18.4 Å². The van der Waals surface area contributed by atoms with Crippen molar-refractivity contribution in [2.24, 2.45) is 17.6 Å². The molecular weight excluding hydrogens is 274 g/mol. The van der Waals surface area contributed by atoms with Crippen LogP contribution in [-0.4, -0.2) is 12.5 Å². The van der Waals surface area contributed by atoms with Gasteiger partial charge in [0.25, 0.3) is 0 Å². The van der Waals surface area contributed by atoms with Crippen LogP contribution in [0.2, 0.25) is 5.02 Å². The summed E-state index contributed by atoms with van der Waals surface area (Å²) in [6, 6.07) is 1.61. The third kappa shape index (κ3) is 4.44. The van der Waals surface area contributed by atoms with Crippen LogP contribution < -0.4 is 11.1 Å². The lowest BCUT2D eigenvalue weighted by atomic mass is 9.96. The highest BCUT2D eigenvalue weighted by Crippen LogP contribution is 2.27. The van der Waals surface area contributed by atoms with E-state index in [0.717, 1.165) is 6.07 Å². The summed E-state index contributed by atoms with van der Waals surface area (Å²) in [5.74, 6) is -2.26. The number of amides is 1. The first-order chi connectivity index (χ1) is 8.85. The summed E-state index contributed by atoms with van der Waals surface area (Å²) in [6.45, 7) is 4.08. The third-order valence-electron chi connectivity index (χ3n) is 2.67. The molecule has 0 fully saturated rings. The van der Waals surface area contributed by atoms with E-state index in [1.54, 1.807) is 0 Å². The highest BCUT2D eigenvalue weighted by Gasteiger charge is 2.21. The zero-order valence-electron chi connectivity index (χ0n) is 10.8. The van der Waals surface area contributed by atoms with Gasteiger partial charge >= 0.3 is 0 Å². The molecule has 0 saturated carbocycles. The molecule has 1 aromatic carbocycles. The number of rotatable bonds is 5. The standard InChI is InChI=1S/C13H17ClF2N2O/c1-7(2)3-8(6-17)13(19)18-12-10(14)4-9(15)5-11(12)16/h4-5,7-8H,3,6,17H2,1-2H3,(H,18,19). The van der Waals surface area contributed by atoms with Gasteiger partial charge in [0.1, 0.15) is 5.82 Å². The van der Waals surface area contributed by atoms with Crippen LogP contribution in [0.15, 0.2) is 12.1 Å². The van der Waals surface area contributed by atoms with Crippen LogP contribution >= 0.6 is 11.6 Å². The number of hydrogen-bond donors (Lipinski definition) is 2. The average Bonchev–Trinajstić information content (AvgIpc) is 2.30. The molecule has 3 N–H and O–H groups in total. The van der Waals surface area contributed by atoms with Crippen molar-refractivity contribution < 1.29 is 13.6 Å². The number of anilines is 1. The Hall–Kier alpha value is -1.20. The minimum absolute atomic E-state index is 0.157. The predicted octanol–water partition coefficient (Wildman–Crippen LogP) is 3.18. The van der Waals surface area contributed by atoms with Crippen molar-refractivity contribution in [3.05, 3.63) is 28.8 Å². The molecule has 0 saturated heterocycles. The molecule has 0 aliphatic rings. The van der Waals surface area contributed by atoms with Crippen molar-refractivity contribution in [1.82, 2.24) is 0 Å². The molecular formula is C13H17ClF2N2O. The molecule has 106 valence electrons. The average molecular weight is 291 g/mol. The van der Waals surface area contributed by atoms with Gasteiger partial charge in [-0.3, -0.25) is 4.79 Å². The molecule has 3 nitrogen and oxygen atoms in total. The molecule has 0 aliphatic carbocycles. The van der Waals surface area contributed by atoms with E-state index < -0.39 is 23.5 Å². The van der Waals surface area contributed by atoms with Crippen molar-refractivity contribution in [2.75, 3.05) is 11.9 Å². The molecule has 0 aliphatic heterocycles. The topological polar surface area (TPSA) is 55.1 Å². The maximum absolute atomic E-state index is 13.5. The summed E-state index contributed by atoms with van der Waals surface area (Å²) in [6.07, 6.45) is 0.586. The second-order valence-corrected chi connectivity index (χ2v) is 5.20. The van der Waals surface area contributed by atoms with Crippen LogP contribution in [0.1, 0.15) is 20.3 Å². The van der Waals surface area contributed by atoms with Gasteiger partial charge in [0.2, 0.25) is 5.91 Å². The monoisotopic (exact) mass is 290 g/mol. The molecule has 1 aromatic rings. The fraction of sp³-hybridized carbons (Fsp3) is 0.462. The number of carbonyl (C=O) groups excluding carboxylic acids is 1. The van der Waals surface area contributed by atoms with Crippen LogP contribution in [0.3, 0.4) is 0 Å². The fourth-order valence-corrected chi connectivity index (χ4v) is 2.01. The van der Waals surface area contributed by atoms with Gasteiger partial charge in [-0.15, -0.1) is 0 Å². The molecule has 0 spiro atoms. The Morgan fingerprint density at radius 1 is 1.42 bits per heavy atom. The molecule has 6 heteroatoms. The molecule has 1 atom stereocenters. The second-order valence-electron chi connectivity index (χ2n) is 4.80. The zero-order chi connectivity index (χ0) is 14.6. The van der Waals surface area contributed by atoms with E-state index >= 15 is 0 Å². The van der Waals surface area contributed by atoms with Gasteiger partial charge in [-0.1, -0.05) is 25.4 Å².